The first-order valence-corrected chi connectivity index (χ1v) is 7.24. The summed E-state index contributed by atoms with van der Waals surface area (Å²) in [5, 5.41) is 4.77. The van der Waals surface area contributed by atoms with Gasteiger partial charge in [-0.1, -0.05) is 30.3 Å². The molecule has 1 N–H and O–H groups in total. The molecule has 0 saturated carbocycles. The molecule has 3 rings (SSSR count). The molecule has 0 fully saturated rings. The molecule has 0 saturated heterocycles. The molecule has 2 aromatic carbocycles. The predicted octanol–water partition coefficient (Wildman–Crippen LogP) is 3.44. The maximum atomic E-state index is 5.24. The van der Waals surface area contributed by atoms with Crippen LogP contribution in [0.2, 0.25) is 0 Å². The summed E-state index contributed by atoms with van der Waals surface area (Å²) in [6.07, 6.45) is 3.12. The highest BCUT2D eigenvalue weighted by atomic mass is 16.5. The van der Waals surface area contributed by atoms with E-state index in [1.54, 1.807) is 7.11 Å². The Labute approximate surface area is 125 Å². The Bertz CT molecular complexity index is 718. The molecule has 1 aromatic heterocycles. The summed E-state index contributed by atoms with van der Waals surface area (Å²) < 4.78 is 7.48. The number of nitrogens with zero attached hydrogens (tertiary/aromatic N) is 1. The zero-order valence-electron chi connectivity index (χ0n) is 12.3. The standard InChI is InChI=1S/C18H20N2O/c1-21-17-7-4-5-15(13-17)9-11-19-14-20-12-10-16-6-2-3-8-18(16)20/h2-8,10,12-13,19H,9,11,14H2,1H3. The number of nitrogens with one attached hydrogen (secondary N) is 1. The lowest BCUT2D eigenvalue weighted by atomic mass is 10.1. The van der Waals surface area contributed by atoms with Crippen molar-refractivity contribution in [1.82, 2.24) is 9.88 Å². The van der Waals surface area contributed by atoms with Crippen molar-refractivity contribution in [2.45, 2.75) is 13.1 Å². The number of fused-ring (bicyclic) bond motifs is 1. The summed E-state index contributed by atoms with van der Waals surface area (Å²) in [5.74, 6) is 0.920. The third-order valence-electron chi connectivity index (χ3n) is 3.69. The summed E-state index contributed by atoms with van der Waals surface area (Å²) in [6.45, 7) is 1.77. The van der Waals surface area contributed by atoms with Crippen LogP contribution in [0.4, 0.5) is 0 Å². The SMILES string of the molecule is COc1cccc(CCNCn2ccc3ccccc32)c1. The Hall–Kier alpha value is -2.26. The quantitative estimate of drug-likeness (QED) is 0.700. The fourth-order valence-corrected chi connectivity index (χ4v) is 2.54. The molecule has 0 unspecified atom stereocenters. The first-order valence-electron chi connectivity index (χ1n) is 7.24. The monoisotopic (exact) mass is 280 g/mol. The number of aromatic nitrogens is 1. The summed E-state index contributed by atoms with van der Waals surface area (Å²) >= 11 is 0. The molecule has 3 aromatic rings. The highest BCUT2D eigenvalue weighted by Gasteiger charge is 1.99. The number of hydrogen-bond donors (Lipinski definition) is 1. The fourth-order valence-electron chi connectivity index (χ4n) is 2.54. The Morgan fingerprint density at radius 3 is 2.86 bits per heavy atom. The second-order valence-electron chi connectivity index (χ2n) is 5.10. The Kier molecular flexibility index (Phi) is 4.22. The van der Waals surface area contributed by atoms with Gasteiger partial charge >= 0.3 is 0 Å². The molecule has 1 heterocycles. The third-order valence-corrected chi connectivity index (χ3v) is 3.69. The highest BCUT2D eigenvalue weighted by molar-refractivity contribution is 5.79. The molecule has 0 aliphatic rings. The van der Waals surface area contributed by atoms with E-state index in [-0.39, 0.29) is 0 Å². The number of rotatable bonds is 6. The van der Waals surface area contributed by atoms with E-state index in [1.165, 1.54) is 16.5 Å². The number of para-hydroxylation sites is 1. The minimum atomic E-state index is 0.831. The van der Waals surface area contributed by atoms with Crippen molar-refractivity contribution in [3.8, 4) is 5.75 Å². The van der Waals surface area contributed by atoms with Crippen molar-refractivity contribution in [3.05, 3.63) is 66.4 Å². The van der Waals surface area contributed by atoms with Crippen LogP contribution in [0.5, 0.6) is 5.75 Å². The van der Waals surface area contributed by atoms with Gasteiger partial charge in [0, 0.05) is 18.3 Å². The van der Waals surface area contributed by atoms with Gasteiger partial charge in [-0.15, -0.1) is 0 Å². The van der Waals surface area contributed by atoms with E-state index < -0.39 is 0 Å². The van der Waals surface area contributed by atoms with Crippen LogP contribution >= 0.6 is 0 Å². The minimum absolute atomic E-state index is 0.831. The average molecular weight is 280 g/mol. The van der Waals surface area contributed by atoms with E-state index >= 15 is 0 Å². The maximum Gasteiger partial charge on any atom is 0.119 e. The van der Waals surface area contributed by atoms with E-state index in [0.717, 1.165) is 25.4 Å². The van der Waals surface area contributed by atoms with Gasteiger partial charge in [-0.3, -0.25) is 5.32 Å². The van der Waals surface area contributed by atoms with E-state index in [4.69, 9.17) is 4.74 Å². The largest absolute Gasteiger partial charge is 0.497 e. The predicted molar refractivity (Wildman–Crippen MR) is 86.6 cm³/mol. The zero-order valence-corrected chi connectivity index (χ0v) is 12.3. The summed E-state index contributed by atoms with van der Waals surface area (Å²) in [7, 11) is 1.70. The van der Waals surface area contributed by atoms with Crippen molar-refractivity contribution >= 4 is 10.9 Å². The Morgan fingerprint density at radius 2 is 1.95 bits per heavy atom. The molecule has 0 amide bonds. The van der Waals surface area contributed by atoms with Gasteiger partial charge in [-0.05, 0) is 41.6 Å². The second kappa shape index (κ2) is 6.46. The smallest absolute Gasteiger partial charge is 0.119 e. The average Bonchev–Trinajstić information content (AvgIpc) is 2.95. The molecule has 0 aliphatic carbocycles. The summed E-state index contributed by atoms with van der Waals surface area (Å²) in [4.78, 5) is 0. The molecule has 21 heavy (non-hydrogen) atoms. The van der Waals surface area contributed by atoms with Crippen molar-refractivity contribution in [1.29, 1.82) is 0 Å². The highest BCUT2D eigenvalue weighted by Crippen LogP contribution is 2.14. The molecule has 3 nitrogen and oxygen atoms in total. The molecule has 0 atom stereocenters. The lowest BCUT2D eigenvalue weighted by molar-refractivity contribution is 0.414. The molecule has 0 radical (unpaired) electrons. The topological polar surface area (TPSA) is 26.2 Å². The van der Waals surface area contributed by atoms with Gasteiger partial charge in [-0.25, -0.2) is 0 Å². The van der Waals surface area contributed by atoms with E-state index in [0.29, 0.717) is 0 Å². The number of benzene rings is 2. The molecule has 0 spiro atoms. The fraction of sp³-hybridized carbons (Fsp3) is 0.222. The van der Waals surface area contributed by atoms with Gasteiger partial charge in [0.2, 0.25) is 0 Å². The third kappa shape index (κ3) is 3.26. The maximum absolute atomic E-state index is 5.24. The molecular weight excluding hydrogens is 260 g/mol. The van der Waals surface area contributed by atoms with Crippen molar-refractivity contribution in [2.75, 3.05) is 13.7 Å². The first kappa shape index (κ1) is 13.7. The van der Waals surface area contributed by atoms with Crippen LogP contribution in [0.25, 0.3) is 10.9 Å². The van der Waals surface area contributed by atoms with E-state index in [1.807, 2.05) is 12.1 Å². The van der Waals surface area contributed by atoms with Crippen LogP contribution in [-0.4, -0.2) is 18.2 Å². The molecule has 0 bridgehead atoms. The van der Waals surface area contributed by atoms with Crippen molar-refractivity contribution in [3.63, 3.8) is 0 Å². The summed E-state index contributed by atoms with van der Waals surface area (Å²) in [6, 6.07) is 18.8. The van der Waals surface area contributed by atoms with Gasteiger partial charge in [0.15, 0.2) is 0 Å². The van der Waals surface area contributed by atoms with Gasteiger partial charge in [0.1, 0.15) is 5.75 Å². The van der Waals surface area contributed by atoms with Crippen LogP contribution < -0.4 is 10.1 Å². The second-order valence-corrected chi connectivity index (χ2v) is 5.10. The van der Waals surface area contributed by atoms with Gasteiger partial charge < -0.3 is 9.30 Å². The lowest BCUT2D eigenvalue weighted by Gasteiger charge is -2.08. The van der Waals surface area contributed by atoms with Gasteiger partial charge in [0.25, 0.3) is 0 Å². The van der Waals surface area contributed by atoms with E-state index in [2.05, 4.69) is 58.5 Å². The van der Waals surface area contributed by atoms with Crippen LogP contribution in [0, 0.1) is 0 Å². The molecule has 108 valence electrons. The summed E-state index contributed by atoms with van der Waals surface area (Å²) in [5.41, 5.74) is 2.56. The number of methoxy groups -OCH3 is 1. The number of hydrogen-bond acceptors (Lipinski definition) is 2. The van der Waals surface area contributed by atoms with Gasteiger partial charge in [-0.2, -0.15) is 0 Å². The Morgan fingerprint density at radius 1 is 1.05 bits per heavy atom. The van der Waals surface area contributed by atoms with Crippen LogP contribution in [0.3, 0.4) is 0 Å². The lowest BCUT2D eigenvalue weighted by Crippen LogP contribution is -2.20. The minimum Gasteiger partial charge on any atom is -0.497 e. The van der Waals surface area contributed by atoms with Gasteiger partial charge in [0.05, 0.1) is 13.8 Å². The van der Waals surface area contributed by atoms with E-state index in [9.17, 15) is 0 Å². The molecule has 0 aliphatic heterocycles. The normalized spacial score (nSPS) is 10.9. The van der Waals surface area contributed by atoms with Crippen LogP contribution in [0.1, 0.15) is 5.56 Å². The Balaban J connectivity index is 1.54. The molecule has 3 heteroatoms. The van der Waals surface area contributed by atoms with Crippen LogP contribution in [-0.2, 0) is 13.1 Å². The zero-order chi connectivity index (χ0) is 14.5. The van der Waals surface area contributed by atoms with Crippen LogP contribution in [0.15, 0.2) is 60.8 Å². The van der Waals surface area contributed by atoms with Crippen molar-refractivity contribution in [2.24, 2.45) is 0 Å². The van der Waals surface area contributed by atoms with Crippen molar-refractivity contribution < 1.29 is 4.74 Å². The number of ether oxygens (including phenoxy) is 1. The first-order chi connectivity index (χ1) is 10.4. The molecular formula is C18H20N2O.